The van der Waals surface area contributed by atoms with E-state index in [1.165, 1.54) is 0 Å². The smallest absolute Gasteiger partial charge is 0.124 e. The van der Waals surface area contributed by atoms with Crippen molar-refractivity contribution in [3.8, 4) is 11.8 Å². The van der Waals surface area contributed by atoms with Crippen molar-refractivity contribution in [3.63, 3.8) is 0 Å². The molecule has 1 atom stereocenters. The van der Waals surface area contributed by atoms with E-state index in [0.29, 0.717) is 17.2 Å². The zero-order valence-electron chi connectivity index (χ0n) is 11.1. The predicted octanol–water partition coefficient (Wildman–Crippen LogP) is 3.81. The molecule has 0 aromatic heterocycles. The van der Waals surface area contributed by atoms with E-state index in [2.05, 4.69) is 6.07 Å². The minimum Gasteiger partial charge on any atom is -0.489 e. The van der Waals surface area contributed by atoms with Gasteiger partial charge in [-0.05, 0) is 42.8 Å². The van der Waals surface area contributed by atoms with Crippen LogP contribution in [0.5, 0.6) is 5.75 Å². The lowest BCUT2D eigenvalue weighted by molar-refractivity contribution is 0.301. The highest BCUT2D eigenvalue weighted by molar-refractivity contribution is 6.30. The molecule has 0 amide bonds. The summed E-state index contributed by atoms with van der Waals surface area (Å²) in [6.07, 6.45) is 0. The van der Waals surface area contributed by atoms with Gasteiger partial charge < -0.3 is 10.5 Å². The number of nitrogens with two attached hydrogens (primary N) is 1. The van der Waals surface area contributed by atoms with E-state index in [-0.39, 0.29) is 6.04 Å². The van der Waals surface area contributed by atoms with E-state index in [1.54, 1.807) is 18.2 Å². The molecule has 0 radical (unpaired) electrons. The molecule has 0 aliphatic rings. The van der Waals surface area contributed by atoms with Gasteiger partial charge in [0.25, 0.3) is 0 Å². The Morgan fingerprint density at radius 1 is 1.25 bits per heavy atom. The summed E-state index contributed by atoms with van der Waals surface area (Å²) < 4.78 is 5.79. The highest BCUT2D eigenvalue weighted by Crippen LogP contribution is 2.27. The average Bonchev–Trinajstić information content (AvgIpc) is 2.46. The molecule has 2 aromatic carbocycles. The number of hydrogen-bond acceptors (Lipinski definition) is 3. The summed E-state index contributed by atoms with van der Waals surface area (Å²) in [5.74, 6) is 0.730. The zero-order valence-corrected chi connectivity index (χ0v) is 11.9. The SMILES string of the molecule is C[C@@H](N)c1cc(Cl)ccc1OCc1ccc(C#N)cc1. The first kappa shape index (κ1) is 14.4. The van der Waals surface area contributed by atoms with Crippen LogP contribution in [-0.2, 0) is 6.61 Å². The first-order chi connectivity index (χ1) is 9.60. The number of hydrogen-bond donors (Lipinski definition) is 1. The van der Waals surface area contributed by atoms with Crippen LogP contribution in [0.4, 0.5) is 0 Å². The van der Waals surface area contributed by atoms with Crippen molar-refractivity contribution >= 4 is 11.6 Å². The molecule has 2 N–H and O–H groups in total. The number of nitriles is 1. The average molecular weight is 287 g/mol. The van der Waals surface area contributed by atoms with Crippen molar-refractivity contribution in [1.82, 2.24) is 0 Å². The second kappa shape index (κ2) is 6.42. The lowest BCUT2D eigenvalue weighted by Gasteiger charge is -2.14. The van der Waals surface area contributed by atoms with Crippen LogP contribution in [0.1, 0.15) is 29.7 Å². The third kappa shape index (κ3) is 3.51. The van der Waals surface area contributed by atoms with Crippen LogP contribution in [-0.4, -0.2) is 0 Å². The second-order valence-corrected chi connectivity index (χ2v) is 5.00. The Bertz CT molecular complexity index is 630. The van der Waals surface area contributed by atoms with Crippen LogP contribution in [0.25, 0.3) is 0 Å². The molecule has 2 rings (SSSR count). The Labute approximate surface area is 123 Å². The Morgan fingerprint density at radius 2 is 1.95 bits per heavy atom. The van der Waals surface area contributed by atoms with Crippen LogP contribution >= 0.6 is 11.6 Å². The number of ether oxygens (including phenoxy) is 1. The fourth-order valence-electron chi connectivity index (χ4n) is 1.84. The van der Waals surface area contributed by atoms with Crippen molar-refractivity contribution in [2.24, 2.45) is 5.73 Å². The van der Waals surface area contributed by atoms with E-state index in [0.717, 1.165) is 16.9 Å². The number of nitrogens with zero attached hydrogens (tertiary/aromatic N) is 1. The molecule has 0 spiro atoms. The third-order valence-electron chi connectivity index (χ3n) is 2.94. The summed E-state index contributed by atoms with van der Waals surface area (Å²) in [6, 6.07) is 14.7. The largest absolute Gasteiger partial charge is 0.489 e. The van der Waals surface area contributed by atoms with Gasteiger partial charge in [-0.15, -0.1) is 0 Å². The van der Waals surface area contributed by atoms with Crippen LogP contribution in [0.15, 0.2) is 42.5 Å². The van der Waals surface area contributed by atoms with Crippen LogP contribution in [0.2, 0.25) is 5.02 Å². The minimum atomic E-state index is -0.148. The normalized spacial score (nSPS) is 11.7. The molecule has 0 aliphatic carbocycles. The van der Waals surface area contributed by atoms with E-state index in [9.17, 15) is 0 Å². The lowest BCUT2D eigenvalue weighted by atomic mass is 10.1. The molecule has 4 heteroatoms. The van der Waals surface area contributed by atoms with Crippen LogP contribution < -0.4 is 10.5 Å². The molecule has 20 heavy (non-hydrogen) atoms. The highest BCUT2D eigenvalue weighted by Gasteiger charge is 2.09. The topological polar surface area (TPSA) is 59.0 Å². The van der Waals surface area contributed by atoms with Crippen molar-refractivity contribution in [2.75, 3.05) is 0 Å². The molecular weight excluding hydrogens is 272 g/mol. The van der Waals surface area contributed by atoms with Gasteiger partial charge in [-0.2, -0.15) is 5.26 Å². The van der Waals surface area contributed by atoms with Crippen LogP contribution in [0.3, 0.4) is 0 Å². The van der Waals surface area contributed by atoms with Crippen molar-refractivity contribution < 1.29 is 4.74 Å². The second-order valence-electron chi connectivity index (χ2n) is 4.57. The van der Waals surface area contributed by atoms with E-state index >= 15 is 0 Å². The van der Waals surface area contributed by atoms with Gasteiger partial charge in [0.1, 0.15) is 12.4 Å². The Balaban J connectivity index is 2.12. The lowest BCUT2D eigenvalue weighted by Crippen LogP contribution is -2.08. The van der Waals surface area contributed by atoms with Gasteiger partial charge in [0.05, 0.1) is 11.6 Å². The maximum atomic E-state index is 8.75. The maximum absolute atomic E-state index is 8.75. The minimum absolute atomic E-state index is 0.148. The Morgan fingerprint density at radius 3 is 2.55 bits per heavy atom. The predicted molar refractivity (Wildman–Crippen MR) is 79.5 cm³/mol. The molecule has 0 saturated carbocycles. The molecule has 0 bridgehead atoms. The number of halogens is 1. The monoisotopic (exact) mass is 286 g/mol. The molecule has 3 nitrogen and oxygen atoms in total. The number of rotatable bonds is 4. The summed E-state index contributed by atoms with van der Waals surface area (Å²) in [5.41, 5.74) is 8.43. The van der Waals surface area contributed by atoms with Crippen molar-refractivity contribution in [1.29, 1.82) is 5.26 Å². The quantitative estimate of drug-likeness (QED) is 0.930. The summed E-state index contributed by atoms with van der Waals surface area (Å²) in [5, 5.41) is 9.39. The zero-order chi connectivity index (χ0) is 14.5. The molecule has 0 heterocycles. The highest BCUT2D eigenvalue weighted by atomic mass is 35.5. The Hall–Kier alpha value is -2.02. The first-order valence-corrected chi connectivity index (χ1v) is 6.65. The van der Waals surface area contributed by atoms with E-state index in [4.69, 9.17) is 27.3 Å². The molecule has 102 valence electrons. The third-order valence-corrected chi connectivity index (χ3v) is 3.17. The molecule has 2 aromatic rings. The van der Waals surface area contributed by atoms with E-state index < -0.39 is 0 Å². The van der Waals surface area contributed by atoms with Gasteiger partial charge in [-0.25, -0.2) is 0 Å². The summed E-state index contributed by atoms with van der Waals surface area (Å²) in [6.45, 7) is 2.31. The fraction of sp³-hybridized carbons (Fsp3) is 0.188. The Kier molecular flexibility index (Phi) is 4.62. The number of benzene rings is 2. The van der Waals surface area contributed by atoms with Gasteiger partial charge in [0, 0.05) is 16.6 Å². The van der Waals surface area contributed by atoms with Crippen molar-refractivity contribution in [3.05, 3.63) is 64.2 Å². The summed E-state index contributed by atoms with van der Waals surface area (Å²) in [4.78, 5) is 0. The van der Waals surface area contributed by atoms with Gasteiger partial charge >= 0.3 is 0 Å². The van der Waals surface area contributed by atoms with Gasteiger partial charge in [-0.3, -0.25) is 0 Å². The maximum Gasteiger partial charge on any atom is 0.124 e. The molecule has 0 fully saturated rings. The van der Waals surface area contributed by atoms with Gasteiger partial charge in [0.15, 0.2) is 0 Å². The molecule has 0 saturated heterocycles. The van der Waals surface area contributed by atoms with Gasteiger partial charge in [0.2, 0.25) is 0 Å². The molecular formula is C16H15ClN2O. The van der Waals surface area contributed by atoms with Crippen LogP contribution in [0, 0.1) is 11.3 Å². The standard InChI is InChI=1S/C16H15ClN2O/c1-11(19)15-8-14(17)6-7-16(15)20-10-13-4-2-12(9-18)3-5-13/h2-8,11H,10,19H2,1H3/t11-/m1/s1. The fourth-order valence-corrected chi connectivity index (χ4v) is 2.02. The van der Waals surface area contributed by atoms with Crippen molar-refractivity contribution in [2.45, 2.75) is 19.6 Å². The summed E-state index contributed by atoms with van der Waals surface area (Å²) in [7, 11) is 0. The molecule has 0 aliphatic heterocycles. The molecule has 0 unspecified atom stereocenters. The van der Waals surface area contributed by atoms with E-state index in [1.807, 2.05) is 31.2 Å². The first-order valence-electron chi connectivity index (χ1n) is 6.27. The summed E-state index contributed by atoms with van der Waals surface area (Å²) >= 11 is 5.97. The van der Waals surface area contributed by atoms with Gasteiger partial charge in [-0.1, -0.05) is 23.7 Å².